The minimum atomic E-state index is -0.533. The van der Waals surface area contributed by atoms with Crippen molar-refractivity contribution >= 4 is 45.2 Å². The number of carbonyl (C=O) groups is 2. The summed E-state index contributed by atoms with van der Waals surface area (Å²) in [7, 11) is 0. The third-order valence-corrected chi connectivity index (χ3v) is 6.16. The van der Waals surface area contributed by atoms with Crippen molar-refractivity contribution in [2.45, 2.75) is 13.8 Å². The summed E-state index contributed by atoms with van der Waals surface area (Å²) in [5, 5.41) is 2.69. The van der Waals surface area contributed by atoms with E-state index in [1.54, 1.807) is 37.3 Å². The van der Waals surface area contributed by atoms with Crippen molar-refractivity contribution in [3.63, 3.8) is 0 Å². The van der Waals surface area contributed by atoms with Crippen LogP contribution < -0.4 is 4.74 Å². The average Bonchev–Trinajstić information content (AvgIpc) is 3.16. The van der Waals surface area contributed by atoms with Crippen LogP contribution in [0.3, 0.4) is 0 Å². The zero-order valence-corrected chi connectivity index (χ0v) is 20.0. The topological polar surface area (TPSA) is 57.5 Å². The summed E-state index contributed by atoms with van der Waals surface area (Å²) < 4.78 is 13.3. The van der Waals surface area contributed by atoms with E-state index in [1.807, 2.05) is 66.1 Å². The van der Waals surface area contributed by atoms with Gasteiger partial charge in [-0.3, -0.25) is 0 Å². The van der Waals surface area contributed by atoms with Gasteiger partial charge >= 0.3 is 11.9 Å². The van der Waals surface area contributed by atoms with Gasteiger partial charge in [0, 0.05) is 32.6 Å². The molecule has 0 spiro atoms. The van der Waals surface area contributed by atoms with Gasteiger partial charge < -0.3 is 14.0 Å². The Bertz CT molecular complexity index is 1590. The molecule has 0 bridgehead atoms. The van der Waals surface area contributed by atoms with Crippen LogP contribution in [0.15, 0.2) is 84.9 Å². The molecule has 4 aromatic carbocycles. The summed E-state index contributed by atoms with van der Waals surface area (Å²) in [5.41, 5.74) is 3.28. The monoisotopic (exact) mass is 483 g/mol. The number of carbonyl (C=O) groups excluding carboxylic acids is 2. The molecular weight excluding hydrogens is 462 g/mol. The highest BCUT2D eigenvalue weighted by Crippen LogP contribution is 2.40. The van der Waals surface area contributed by atoms with Gasteiger partial charge in [0.1, 0.15) is 5.75 Å². The zero-order valence-electron chi connectivity index (χ0n) is 19.2. The largest absolute Gasteiger partial charge is 0.462 e. The molecule has 0 aliphatic carbocycles. The van der Waals surface area contributed by atoms with Crippen LogP contribution in [-0.2, 0) is 4.74 Å². The molecule has 5 rings (SSSR count). The third kappa shape index (κ3) is 4.04. The predicted octanol–water partition coefficient (Wildman–Crippen LogP) is 7.14. The number of hydrogen-bond donors (Lipinski definition) is 0. The van der Waals surface area contributed by atoms with E-state index >= 15 is 0 Å². The first kappa shape index (κ1) is 22.7. The molecule has 1 heterocycles. The summed E-state index contributed by atoms with van der Waals surface area (Å²) in [6.07, 6.45) is 0. The first-order chi connectivity index (χ1) is 17.0. The molecule has 0 fully saturated rings. The smallest absolute Gasteiger partial charge is 0.343 e. The predicted molar refractivity (Wildman–Crippen MR) is 138 cm³/mol. The van der Waals surface area contributed by atoms with Gasteiger partial charge in [-0.1, -0.05) is 60.1 Å². The second-order valence-corrected chi connectivity index (χ2v) is 8.50. The molecule has 0 N–H and O–H groups in total. The molecule has 1 aromatic heterocycles. The number of halogens is 1. The number of ether oxygens (including phenoxy) is 2. The first-order valence-corrected chi connectivity index (χ1v) is 11.6. The van der Waals surface area contributed by atoms with E-state index in [0.717, 1.165) is 27.7 Å². The first-order valence-electron chi connectivity index (χ1n) is 11.3. The van der Waals surface area contributed by atoms with Crippen molar-refractivity contribution in [2.75, 3.05) is 6.61 Å². The molecule has 0 radical (unpaired) electrons. The van der Waals surface area contributed by atoms with Crippen molar-refractivity contribution in [2.24, 2.45) is 0 Å². The van der Waals surface area contributed by atoms with Crippen LogP contribution in [0.1, 0.15) is 33.3 Å². The van der Waals surface area contributed by atoms with Crippen LogP contribution in [0.4, 0.5) is 0 Å². The van der Waals surface area contributed by atoms with E-state index in [0.29, 0.717) is 27.3 Å². The fourth-order valence-electron chi connectivity index (χ4n) is 4.45. The molecule has 5 aromatic rings. The summed E-state index contributed by atoms with van der Waals surface area (Å²) in [6.45, 7) is 3.92. The van der Waals surface area contributed by atoms with E-state index in [-0.39, 0.29) is 6.61 Å². The second-order valence-electron chi connectivity index (χ2n) is 8.07. The van der Waals surface area contributed by atoms with Crippen LogP contribution in [0.25, 0.3) is 27.4 Å². The van der Waals surface area contributed by atoms with E-state index in [9.17, 15) is 9.59 Å². The number of esters is 2. The number of aromatic nitrogens is 1. The maximum Gasteiger partial charge on any atom is 0.343 e. The van der Waals surface area contributed by atoms with Crippen LogP contribution >= 0.6 is 11.6 Å². The number of rotatable bonds is 5. The Kier molecular flexibility index (Phi) is 6.01. The lowest BCUT2D eigenvalue weighted by molar-refractivity contribution is 0.0527. The lowest BCUT2D eigenvalue weighted by Crippen LogP contribution is -2.09. The summed E-state index contributed by atoms with van der Waals surface area (Å²) in [5.74, 6) is -0.602. The molecule has 174 valence electrons. The highest BCUT2D eigenvalue weighted by molar-refractivity contribution is 6.31. The van der Waals surface area contributed by atoms with Crippen LogP contribution in [-0.4, -0.2) is 23.1 Å². The van der Waals surface area contributed by atoms with Gasteiger partial charge in [-0.15, -0.1) is 0 Å². The lowest BCUT2D eigenvalue weighted by Gasteiger charge is -2.13. The van der Waals surface area contributed by atoms with E-state index in [4.69, 9.17) is 21.1 Å². The second kappa shape index (κ2) is 9.28. The summed E-state index contributed by atoms with van der Waals surface area (Å²) in [6, 6.07) is 25.9. The van der Waals surface area contributed by atoms with Gasteiger partial charge in [0.15, 0.2) is 0 Å². The molecule has 5 nitrogen and oxygen atoms in total. The minimum Gasteiger partial charge on any atom is -0.462 e. The number of hydrogen-bond acceptors (Lipinski definition) is 4. The molecule has 0 aliphatic rings. The summed E-state index contributed by atoms with van der Waals surface area (Å²) >= 11 is 6.07. The highest BCUT2D eigenvalue weighted by atomic mass is 35.5. The molecule has 0 saturated heterocycles. The van der Waals surface area contributed by atoms with E-state index in [2.05, 4.69) is 0 Å². The van der Waals surface area contributed by atoms with Crippen molar-refractivity contribution in [1.82, 2.24) is 4.57 Å². The quantitative estimate of drug-likeness (QED) is 0.197. The van der Waals surface area contributed by atoms with Crippen molar-refractivity contribution in [3.8, 4) is 11.4 Å². The molecule has 6 heteroatoms. The van der Waals surface area contributed by atoms with Crippen molar-refractivity contribution in [3.05, 3.63) is 107 Å². The normalized spacial score (nSPS) is 11.1. The van der Waals surface area contributed by atoms with Crippen LogP contribution in [0.2, 0.25) is 5.02 Å². The number of fused-ring (bicyclic) bond motifs is 3. The molecule has 0 atom stereocenters. The summed E-state index contributed by atoms with van der Waals surface area (Å²) in [4.78, 5) is 26.1. The molecular formula is C29H22ClNO4. The Hall–Kier alpha value is -4.09. The van der Waals surface area contributed by atoms with Crippen molar-refractivity contribution < 1.29 is 19.1 Å². The fraction of sp³-hybridized carbons (Fsp3) is 0.103. The number of benzene rings is 4. The van der Waals surface area contributed by atoms with Gasteiger partial charge in [-0.2, -0.15) is 0 Å². The third-order valence-electron chi connectivity index (χ3n) is 5.93. The average molecular weight is 484 g/mol. The van der Waals surface area contributed by atoms with E-state index < -0.39 is 11.9 Å². The number of nitrogens with zero attached hydrogens (tertiary/aromatic N) is 1. The van der Waals surface area contributed by atoms with Gasteiger partial charge in [-0.05, 0) is 50.2 Å². The van der Waals surface area contributed by atoms with Gasteiger partial charge in [-0.25, -0.2) is 9.59 Å². The molecule has 0 amide bonds. The Labute approximate surface area is 207 Å². The Morgan fingerprint density at radius 2 is 1.54 bits per heavy atom. The fourth-order valence-corrected chi connectivity index (χ4v) is 4.64. The number of para-hydroxylation sites is 1. The maximum absolute atomic E-state index is 13.1. The molecule has 35 heavy (non-hydrogen) atoms. The van der Waals surface area contributed by atoms with Crippen LogP contribution in [0, 0.1) is 6.92 Å². The van der Waals surface area contributed by atoms with Crippen molar-refractivity contribution in [1.29, 1.82) is 0 Å². The molecule has 0 unspecified atom stereocenters. The lowest BCUT2D eigenvalue weighted by atomic mass is 10.0. The van der Waals surface area contributed by atoms with E-state index in [1.165, 1.54) is 0 Å². The Morgan fingerprint density at radius 1 is 0.829 bits per heavy atom. The highest BCUT2D eigenvalue weighted by Gasteiger charge is 2.25. The maximum atomic E-state index is 13.1. The standard InChI is InChI=1S/C29H22ClNO4/c1-3-34-29(33)26-18(2)31(21-12-5-4-6-13-21)27-23-15-8-7-14-22(23)25(17-24(26)27)35-28(32)19-10-9-11-20(30)16-19/h4-17H,3H2,1-2H3. The van der Waals surface area contributed by atoms with Gasteiger partial charge in [0.25, 0.3) is 0 Å². The minimum absolute atomic E-state index is 0.250. The SMILES string of the molecule is CCOC(=O)c1c(C)n(-c2ccccc2)c2c1cc(OC(=O)c1cccc(Cl)c1)c1ccccc12. The zero-order chi connectivity index (χ0) is 24.5. The van der Waals surface area contributed by atoms with Gasteiger partial charge in [0.2, 0.25) is 0 Å². The molecule has 0 aliphatic heterocycles. The molecule has 0 saturated carbocycles. The Balaban J connectivity index is 1.80. The van der Waals surface area contributed by atoms with Crippen LogP contribution in [0.5, 0.6) is 5.75 Å². The van der Waals surface area contributed by atoms with Gasteiger partial charge in [0.05, 0.1) is 23.3 Å². The Morgan fingerprint density at radius 3 is 2.26 bits per heavy atom.